The lowest BCUT2D eigenvalue weighted by molar-refractivity contribution is -0.128. The van der Waals surface area contributed by atoms with Gasteiger partial charge in [0.2, 0.25) is 5.91 Å². The Morgan fingerprint density at radius 3 is 2.95 bits per heavy atom. The van der Waals surface area contributed by atoms with E-state index in [1.807, 2.05) is 13.0 Å². The van der Waals surface area contributed by atoms with Crippen molar-refractivity contribution in [3.63, 3.8) is 0 Å². The summed E-state index contributed by atoms with van der Waals surface area (Å²) in [6.07, 6.45) is 1.86. The van der Waals surface area contributed by atoms with Crippen LogP contribution in [0.1, 0.15) is 19.1 Å². The molecule has 2 aromatic rings. The van der Waals surface area contributed by atoms with Crippen molar-refractivity contribution in [2.75, 3.05) is 13.6 Å². The minimum absolute atomic E-state index is 0.0838. The predicted octanol–water partition coefficient (Wildman–Crippen LogP) is 2.49. The number of aromatic nitrogens is 2. The molecule has 0 aromatic carbocycles. The van der Waals surface area contributed by atoms with E-state index in [0.717, 1.165) is 5.56 Å². The lowest BCUT2D eigenvalue weighted by Crippen LogP contribution is -2.33. The Labute approximate surface area is 132 Å². The van der Waals surface area contributed by atoms with Crippen molar-refractivity contribution < 1.29 is 13.6 Å². The van der Waals surface area contributed by atoms with E-state index in [0.29, 0.717) is 29.8 Å². The molecular formula is C14H16N4O3S. The molecule has 0 fully saturated rings. The first-order valence-electron chi connectivity index (χ1n) is 6.69. The maximum atomic E-state index is 12.1. The number of rotatable bonds is 6. The van der Waals surface area contributed by atoms with Crippen LogP contribution in [0.2, 0.25) is 0 Å². The van der Waals surface area contributed by atoms with E-state index in [2.05, 4.69) is 10.2 Å². The van der Waals surface area contributed by atoms with Gasteiger partial charge in [-0.25, -0.2) is 0 Å². The van der Waals surface area contributed by atoms with Gasteiger partial charge < -0.3 is 13.7 Å². The first-order valence-corrected chi connectivity index (χ1v) is 7.57. The second-order valence-corrected chi connectivity index (χ2v) is 5.98. The predicted molar refractivity (Wildman–Crippen MR) is 79.9 cm³/mol. The second-order valence-electron chi connectivity index (χ2n) is 4.69. The highest BCUT2D eigenvalue weighted by atomic mass is 32.2. The van der Waals surface area contributed by atoms with Gasteiger partial charge in [-0.15, -0.1) is 10.2 Å². The number of thioether (sulfide) groups is 1. The number of nitrogens with zero attached hydrogens (tertiary/aromatic N) is 4. The molecule has 1 atom stereocenters. The largest absolute Gasteiger partial charge is 0.469 e. The highest BCUT2D eigenvalue weighted by molar-refractivity contribution is 8.00. The summed E-state index contributed by atoms with van der Waals surface area (Å²) in [5.74, 6) is 0.978. The molecule has 0 aliphatic carbocycles. The maximum absolute atomic E-state index is 12.1. The first-order chi connectivity index (χ1) is 10.5. The monoisotopic (exact) mass is 320 g/mol. The number of hydrogen-bond acceptors (Lipinski definition) is 7. The van der Waals surface area contributed by atoms with Crippen LogP contribution in [-0.2, 0) is 4.79 Å². The van der Waals surface area contributed by atoms with Crippen LogP contribution in [-0.4, -0.2) is 39.8 Å². The number of nitriles is 1. The minimum Gasteiger partial charge on any atom is -0.469 e. The van der Waals surface area contributed by atoms with Crippen LogP contribution in [0.3, 0.4) is 0 Å². The van der Waals surface area contributed by atoms with Gasteiger partial charge in [0.25, 0.3) is 11.1 Å². The van der Waals surface area contributed by atoms with Crippen LogP contribution in [0.15, 0.2) is 26.4 Å². The molecule has 0 spiro atoms. The van der Waals surface area contributed by atoms with Gasteiger partial charge in [0.05, 0.1) is 29.6 Å². The van der Waals surface area contributed by atoms with Crippen molar-refractivity contribution in [1.29, 1.82) is 5.26 Å². The third-order valence-electron chi connectivity index (χ3n) is 3.06. The number of amides is 1. The summed E-state index contributed by atoms with van der Waals surface area (Å²) >= 11 is 1.19. The van der Waals surface area contributed by atoms with Crippen molar-refractivity contribution in [1.82, 2.24) is 15.1 Å². The van der Waals surface area contributed by atoms with E-state index in [-0.39, 0.29) is 11.2 Å². The maximum Gasteiger partial charge on any atom is 0.277 e. The SMILES string of the molecule is Cc1occc1-c1nnc(S[C@H](C)C(=O)N(C)CCC#N)o1. The van der Waals surface area contributed by atoms with Gasteiger partial charge >= 0.3 is 0 Å². The van der Waals surface area contributed by atoms with Gasteiger partial charge in [0.1, 0.15) is 5.76 Å². The Balaban J connectivity index is 1.99. The van der Waals surface area contributed by atoms with Crippen LogP contribution in [0.5, 0.6) is 0 Å². The number of hydrogen-bond donors (Lipinski definition) is 0. The fraction of sp³-hybridized carbons (Fsp3) is 0.429. The standard InChI is InChI=1S/C14H16N4O3S/c1-9-11(5-8-20-9)12-16-17-14(21-12)22-10(2)13(19)18(3)7-4-6-15/h5,8,10H,4,7H2,1-3H3/t10-/m1/s1. The number of carbonyl (C=O) groups excluding carboxylic acids is 1. The second kappa shape index (κ2) is 7.13. The van der Waals surface area contributed by atoms with Crippen LogP contribution in [0.25, 0.3) is 11.5 Å². The molecule has 2 rings (SSSR count). The third-order valence-corrected chi connectivity index (χ3v) is 3.98. The molecule has 2 heterocycles. The molecule has 116 valence electrons. The molecule has 22 heavy (non-hydrogen) atoms. The summed E-state index contributed by atoms with van der Waals surface area (Å²) in [6, 6.07) is 3.77. The van der Waals surface area contributed by atoms with Gasteiger partial charge in [-0.2, -0.15) is 5.26 Å². The molecule has 0 saturated carbocycles. The average molecular weight is 320 g/mol. The smallest absolute Gasteiger partial charge is 0.277 e. The number of furan rings is 1. The fourth-order valence-corrected chi connectivity index (χ4v) is 2.61. The van der Waals surface area contributed by atoms with E-state index < -0.39 is 0 Å². The summed E-state index contributed by atoms with van der Waals surface area (Å²) in [4.78, 5) is 13.7. The Kier molecular flexibility index (Phi) is 5.22. The topological polar surface area (TPSA) is 96.2 Å². The van der Waals surface area contributed by atoms with E-state index in [1.165, 1.54) is 16.7 Å². The lowest BCUT2D eigenvalue weighted by Gasteiger charge is -2.18. The van der Waals surface area contributed by atoms with Crippen LogP contribution in [0, 0.1) is 18.3 Å². The average Bonchev–Trinajstić information content (AvgIpc) is 3.12. The normalized spacial score (nSPS) is 11.9. The summed E-state index contributed by atoms with van der Waals surface area (Å²) < 4.78 is 10.7. The van der Waals surface area contributed by atoms with Crippen LogP contribution in [0.4, 0.5) is 0 Å². The molecule has 0 aliphatic rings. The van der Waals surface area contributed by atoms with Crippen molar-refractivity contribution in [2.45, 2.75) is 30.7 Å². The zero-order valence-electron chi connectivity index (χ0n) is 12.6. The summed E-state index contributed by atoms with van der Waals surface area (Å²) in [5.41, 5.74) is 0.740. The third kappa shape index (κ3) is 3.68. The first kappa shape index (κ1) is 16.1. The van der Waals surface area contributed by atoms with Crippen molar-refractivity contribution in [3.05, 3.63) is 18.1 Å². The van der Waals surface area contributed by atoms with Gasteiger partial charge in [-0.3, -0.25) is 4.79 Å². The Bertz CT molecular complexity index is 688. The number of aryl methyl sites for hydroxylation is 1. The Morgan fingerprint density at radius 2 is 2.32 bits per heavy atom. The van der Waals surface area contributed by atoms with E-state index in [9.17, 15) is 4.79 Å². The van der Waals surface area contributed by atoms with E-state index >= 15 is 0 Å². The quantitative estimate of drug-likeness (QED) is 0.754. The Morgan fingerprint density at radius 1 is 1.55 bits per heavy atom. The van der Waals surface area contributed by atoms with E-state index in [4.69, 9.17) is 14.1 Å². The highest BCUT2D eigenvalue weighted by Gasteiger charge is 2.22. The molecule has 0 N–H and O–H groups in total. The molecule has 2 aromatic heterocycles. The highest BCUT2D eigenvalue weighted by Crippen LogP contribution is 2.28. The zero-order valence-corrected chi connectivity index (χ0v) is 13.4. The van der Waals surface area contributed by atoms with Crippen LogP contribution >= 0.6 is 11.8 Å². The van der Waals surface area contributed by atoms with Crippen molar-refractivity contribution in [3.8, 4) is 17.5 Å². The lowest BCUT2D eigenvalue weighted by atomic mass is 10.3. The summed E-state index contributed by atoms with van der Waals surface area (Å²) in [6.45, 7) is 3.98. The molecule has 0 saturated heterocycles. The zero-order chi connectivity index (χ0) is 16.1. The van der Waals surface area contributed by atoms with Gasteiger partial charge in [-0.05, 0) is 19.9 Å². The number of carbonyl (C=O) groups is 1. The minimum atomic E-state index is -0.373. The summed E-state index contributed by atoms with van der Waals surface area (Å²) in [7, 11) is 1.67. The fourth-order valence-electron chi connectivity index (χ4n) is 1.81. The molecular weight excluding hydrogens is 304 g/mol. The molecule has 0 radical (unpaired) electrons. The van der Waals surface area contributed by atoms with Gasteiger partial charge in [0, 0.05) is 13.6 Å². The van der Waals surface area contributed by atoms with Crippen molar-refractivity contribution >= 4 is 17.7 Å². The molecule has 0 unspecified atom stereocenters. The van der Waals surface area contributed by atoms with Gasteiger partial charge in [-0.1, -0.05) is 11.8 Å². The molecule has 8 heteroatoms. The van der Waals surface area contributed by atoms with Crippen LogP contribution < -0.4 is 0 Å². The molecule has 0 aliphatic heterocycles. The Hall–Kier alpha value is -2.27. The molecule has 7 nitrogen and oxygen atoms in total. The molecule has 1 amide bonds. The van der Waals surface area contributed by atoms with Gasteiger partial charge in [0.15, 0.2) is 0 Å². The molecule has 0 bridgehead atoms. The van der Waals surface area contributed by atoms with Crippen molar-refractivity contribution in [2.24, 2.45) is 0 Å². The summed E-state index contributed by atoms with van der Waals surface area (Å²) in [5, 5.41) is 16.4. The van der Waals surface area contributed by atoms with E-state index in [1.54, 1.807) is 26.3 Å².